The summed E-state index contributed by atoms with van der Waals surface area (Å²) in [5, 5.41) is 1.69. The van der Waals surface area contributed by atoms with Crippen molar-refractivity contribution in [1.29, 1.82) is 0 Å². The minimum absolute atomic E-state index is 0.300. The maximum absolute atomic E-state index is 14.0. The molecular formula is C27H26N2O5. The zero-order chi connectivity index (χ0) is 23.9. The van der Waals surface area contributed by atoms with Crippen LogP contribution in [0.1, 0.15) is 25.5 Å². The van der Waals surface area contributed by atoms with Crippen LogP contribution in [0.25, 0.3) is 0 Å². The standard InChI is InChI=1S/C27H26N2O5/c1-4-33-22-16-12-19(13-17-22)28-25(30)24-27(2,26(28)31)23(18-10-14-21(32-3)15-11-18)29(34-24)20-8-6-5-7-9-20/h5-17,23-24H,4H2,1-3H3/t23-,24-,27-/m0/s1. The van der Waals surface area contributed by atoms with Crippen LogP contribution in [0.15, 0.2) is 78.9 Å². The SMILES string of the molecule is CCOc1ccc(N2C(=O)[C@@H]3ON(c4ccccc4)[C@@H](c4ccc(OC)cc4)[C@]3(C)C2=O)cc1. The largest absolute Gasteiger partial charge is 0.497 e. The number of amides is 2. The van der Waals surface area contributed by atoms with Crippen LogP contribution in [0.4, 0.5) is 11.4 Å². The van der Waals surface area contributed by atoms with Gasteiger partial charge in [0.15, 0.2) is 6.10 Å². The number of methoxy groups -OCH3 is 1. The van der Waals surface area contributed by atoms with Crippen LogP contribution in [-0.4, -0.2) is 31.6 Å². The molecule has 7 heteroatoms. The summed E-state index contributed by atoms with van der Waals surface area (Å²) in [4.78, 5) is 35.0. The Bertz CT molecular complexity index is 1200. The third kappa shape index (κ3) is 3.31. The molecule has 3 aromatic carbocycles. The van der Waals surface area contributed by atoms with E-state index in [1.54, 1.807) is 36.4 Å². The van der Waals surface area contributed by atoms with Crippen LogP contribution in [-0.2, 0) is 14.4 Å². The van der Waals surface area contributed by atoms with Gasteiger partial charge in [-0.25, -0.2) is 9.96 Å². The van der Waals surface area contributed by atoms with Gasteiger partial charge in [0.2, 0.25) is 5.91 Å². The molecule has 34 heavy (non-hydrogen) atoms. The van der Waals surface area contributed by atoms with Gasteiger partial charge in [0.1, 0.15) is 16.9 Å². The van der Waals surface area contributed by atoms with Gasteiger partial charge in [-0.05, 0) is 67.9 Å². The summed E-state index contributed by atoms with van der Waals surface area (Å²) in [6, 6.07) is 23.5. The van der Waals surface area contributed by atoms with Crippen LogP contribution in [0, 0.1) is 5.41 Å². The van der Waals surface area contributed by atoms with Crippen molar-refractivity contribution in [1.82, 2.24) is 0 Å². The number of hydrogen-bond donors (Lipinski definition) is 0. The van der Waals surface area contributed by atoms with Gasteiger partial charge >= 0.3 is 0 Å². The summed E-state index contributed by atoms with van der Waals surface area (Å²) >= 11 is 0. The fourth-order valence-electron chi connectivity index (χ4n) is 4.82. The number of imide groups is 1. The van der Waals surface area contributed by atoms with Crippen LogP contribution >= 0.6 is 0 Å². The van der Waals surface area contributed by atoms with E-state index in [0.717, 1.165) is 11.3 Å². The average molecular weight is 459 g/mol. The average Bonchev–Trinajstić information content (AvgIpc) is 3.28. The first-order chi connectivity index (χ1) is 16.5. The highest BCUT2D eigenvalue weighted by atomic mass is 16.7. The van der Waals surface area contributed by atoms with E-state index < -0.39 is 17.6 Å². The number of carbonyl (C=O) groups excluding carboxylic acids is 2. The highest BCUT2D eigenvalue weighted by Gasteiger charge is 2.68. The lowest BCUT2D eigenvalue weighted by Gasteiger charge is -2.32. The maximum atomic E-state index is 14.0. The van der Waals surface area contributed by atoms with Crippen LogP contribution < -0.4 is 19.4 Å². The Morgan fingerprint density at radius 3 is 2.15 bits per heavy atom. The first-order valence-corrected chi connectivity index (χ1v) is 11.2. The Morgan fingerprint density at radius 1 is 0.882 bits per heavy atom. The molecule has 0 saturated carbocycles. The molecule has 2 aliphatic heterocycles. The lowest BCUT2D eigenvalue weighted by atomic mass is 9.76. The van der Waals surface area contributed by atoms with Gasteiger partial charge in [-0.2, -0.15) is 0 Å². The molecular weight excluding hydrogens is 432 g/mol. The van der Waals surface area contributed by atoms with Crippen molar-refractivity contribution in [2.75, 3.05) is 23.7 Å². The highest BCUT2D eigenvalue weighted by Crippen LogP contribution is 2.55. The molecule has 2 saturated heterocycles. The number of rotatable bonds is 6. The minimum atomic E-state index is -1.14. The topological polar surface area (TPSA) is 68.3 Å². The van der Waals surface area contributed by atoms with Crippen LogP contribution in [0.5, 0.6) is 11.5 Å². The number of ether oxygens (including phenoxy) is 2. The third-order valence-electron chi connectivity index (χ3n) is 6.52. The fourth-order valence-corrected chi connectivity index (χ4v) is 4.82. The quantitative estimate of drug-likeness (QED) is 0.506. The van der Waals surface area contributed by atoms with Crippen molar-refractivity contribution in [3.8, 4) is 11.5 Å². The summed E-state index contributed by atoms with van der Waals surface area (Å²) < 4.78 is 10.8. The lowest BCUT2D eigenvalue weighted by molar-refractivity contribution is -0.128. The number of hydroxylamine groups is 1. The zero-order valence-electron chi connectivity index (χ0n) is 19.3. The molecule has 0 unspecified atom stereocenters. The summed E-state index contributed by atoms with van der Waals surface area (Å²) in [6.45, 7) is 4.25. The van der Waals surface area contributed by atoms with Crippen molar-refractivity contribution >= 4 is 23.2 Å². The van der Waals surface area contributed by atoms with E-state index in [2.05, 4.69) is 0 Å². The minimum Gasteiger partial charge on any atom is -0.497 e. The second-order valence-electron chi connectivity index (χ2n) is 8.51. The second kappa shape index (κ2) is 8.50. The summed E-state index contributed by atoms with van der Waals surface area (Å²) in [7, 11) is 1.61. The van der Waals surface area contributed by atoms with Gasteiger partial charge in [0.25, 0.3) is 5.91 Å². The van der Waals surface area contributed by atoms with Gasteiger partial charge < -0.3 is 9.47 Å². The highest BCUT2D eigenvalue weighted by molar-refractivity contribution is 6.25. The van der Waals surface area contributed by atoms with E-state index in [9.17, 15) is 9.59 Å². The molecule has 3 aromatic rings. The Balaban J connectivity index is 1.57. The number of para-hydroxylation sites is 1. The Hall–Kier alpha value is -3.84. The number of hydrogen-bond acceptors (Lipinski definition) is 6. The molecule has 5 rings (SSSR count). The summed E-state index contributed by atoms with van der Waals surface area (Å²) in [5.74, 6) is 0.708. The van der Waals surface area contributed by atoms with E-state index in [4.69, 9.17) is 14.3 Å². The Kier molecular flexibility index (Phi) is 5.49. The van der Waals surface area contributed by atoms with E-state index in [0.29, 0.717) is 23.8 Å². The number of carbonyl (C=O) groups is 2. The maximum Gasteiger partial charge on any atom is 0.266 e. The van der Waals surface area contributed by atoms with E-state index in [1.807, 2.05) is 68.4 Å². The molecule has 7 nitrogen and oxygen atoms in total. The van der Waals surface area contributed by atoms with Crippen molar-refractivity contribution in [3.05, 3.63) is 84.4 Å². The fraction of sp³-hybridized carbons (Fsp3) is 0.259. The number of benzene rings is 3. The predicted molar refractivity (Wildman–Crippen MR) is 128 cm³/mol. The summed E-state index contributed by atoms with van der Waals surface area (Å²) in [5.41, 5.74) is 0.981. The Labute approximate surface area is 198 Å². The van der Waals surface area contributed by atoms with Gasteiger partial charge in [-0.3, -0.25) is 14.4 Å². The van der Waals surface area contributed by atoms with E-state index in [1.165, 1.54) is 4.90 Å². The molecule has 2 aliphatic rings. The molecule has 0 aromatic heterocycles. The van der Waals surface area contributed by atoms with E-state index >= 15 is 0 Å². The molecule has 2 amide bonds. The molecule has 0 bridgehead atoms. The van der Waals surface area contributed by atoms with Gasteiger partial charge in [-0.1, -0.05) is 30.3 Å². The van der Waals surface area contributed by atoms with Gasteiger partial charge in [-0.15, -0.1) is 0 Å². The predicted octanol–water partition coefficient (Wildman–Crippen LogP) is 4.54. The smallest absolute Gasteiger partial charge is 0.266 e. The van der Waals surface area contributed by atoms with Crippen molar-refractivity contribution in [2.24, 2.45) is 5.41 Å². The molecule has 0 radical (unpaired) electrons. The number of fused-ring (bicyclic) bond motifs is 1. The lowest BCUT2D eigenvalue weighted by Crippen LogP contribution is -2.41. The molecule has 174 valence electrons. The van der Waals surface area contributed by atoms with Gasteiger partial charge in [0, 0.05) is 0 Å². The van der Waals surface area contributed by atoms with Crippen LogP contribution in [0.3, 0.4) is 0 Å². The van der Waals surface area contributed by atoms with Crippen molar-refractivity contribution < 1.29 is 23.9 Å². The first kappa shape index (κ1) is 22.0. The normalized spacial score (nSPS) is 23.9. The molecule has 0 aliphatic carbocycles. The summed E-state index contributed by atoms with van der Waals surface area (Å²) in [6.07, 6.45) is -0.959. The molecule has 0 spiro atoms. The second-order valence-corrected chi connectivity index (χ2v) is 8.51. The molecule has 0 N–H and O–H groups in total. The molecule has 2 fully saturated rings. The van der Waals surface area contributed by atoms with E-state index in [-0.39, 0.29) is 11.8 Å². The monoisotopic (exact) mass is 458 g/mol. The van der Waals surface area contributed by atoms with Gasteiger partial charge in [0.05, 0.1) is 31.1 Å². The van der Waals surface area contributed by atoms with Crippen LogP contribution in [0.2, 0.25) is 0 Å². The molecule has 3 atom stereocenters. The third-order valence-corrected chi connectivity index (χ3v) is 6.52. The first-order valence-electron chi connectivity index (χ1n) is 11.2. The van der Waals surface area contributed by atoms with Crippen molar-refractivity contribution in [3.63, 3.8) is 0 Å². The Morgan fingerprint density at radius 2 is 1.53 bits per heavy atom. The zero-order valence-corrected chi connectivity index (χ0v) is 19.3. The van der Waals surface area contributed by atoms with Crippen molar-refractivity contribution in [2.45, 2.75) is 26.0 Å². The molecule has 2 heterocycles. The number of nitrogens with zero attached hydrogens (tertiary/aromatic N) is 2. The number of anilines is 2.